The fraction of sp³-hybridized carbons (Fsp3) is 0.692. The Morgan fingerprint density at radius 3 is 2.86 bits per heavy atom. The summed E-state index contributed by atoms with van der Waals surface area (Å²) in [5, 5.41) is 20.6. The molecule has 0 saturated carbocycles. The Kier molecular flexibility index (Phi) is 5.98. The number of aliphatic carboxylic acids is 1. The van der Waals surface area contributed by atoms with Crippen LogP contribution < -0.4 is 56.5 Å². The van der Waals surface area contributed by atoms with Crippen molar-refractivity contribution in [3.05, 3.63) is 10.6 Å². The van der Waals surface area contributed by atoms with Gasteiger partial charge in [-0.25, -0.2) is 0 Å². The molecule has 1 amide bonds. The van der Waals surface area contributed by atoms with Crippen LogP contribution in [0.4, 0.5) is 0 Å². The van der Waals surface area contributed by atoms with E-state index in [1.807, 2.05) is 0 Å². The molecule has 1 N–H and O–H groups in total. The number of nitrogens with zero attached hydrogens (tertiary/aromatic N) is 1. The normalized spacial score (nSPS) is 32.6. The number of carbonyl (C=O) groups excluding carboxylic acids is 2. The fourth-order valence-electron chi connectivity index (χ4n) is 3.00. The van der Waals surface area contributed by atoms with Gasteiger partial charge in [-0.05, 0) is 19.8 Å². The third kappa shape index (κ3) is 3.14. The first-order valence-electron chi connectivity index (χ1n) is 6.74. The van der Waals surface area contributed by atoms with Crippen LogP contribution in [-0.4, -0.2) is 46.1 Å². The summed E-state index contributed by atoms with van der Waals surface area (Å²) in [4.78, 5) is 25.2. The molecular formula is C13H16KNO5S. The summed E-state index contributed by atoms with van der Waals surface area (Å²) >= 11 is 1.35. The molecule has 0 aliphatic carbocycles. The number of aliphatic hydroxyl groups excluding tert-OH is 1. The topological polar surface area (TPSA) is 89.9 Å². The Bertz CT molecular complexity index is 489. The number of ether oxygens (including phenoxy) is 1. The van der Waals surface area contributed by atoms with E-state index in [0.717, 1.165) is 12.8 Å². The summed E-state index contributed by atoms with van der Waals surface area (Å²) in [5.41, 5.74) is -0.0302. The van der Waals surface area contributed by atoms with Crippen molar-refractivity contribution in [3.63, 3.8) is 0 Å². The summed E-state index contributed by atoms with van der Waals surface area (Å²) in [6, 6.07) is 0. The van der Waals surface area contributed by atoms with Crippen molar-refractivity contribution in [2.75, 3.05) is 6.61 Å². The van der Waals surface area contributed by atoms with Gasteiger partial charge in [0, 0.05) is 17.9 Å². The molecule has 2 saturated heterocycles. The van der Waals surface area contributed by atoms with Crippen molar-refractivity contribution in [2.24, 2.45) is 5.92 Å². The molecule has 0 aromatic carbocycles. The maximum Gasteiger partial charge on any atom is 1.00 e. The van der Waals surface area contributed by atoms with Crippen LogP contribution in [0.1, 0.15) is 26.2 Å². The Morgan fingerprint density at radius 1 is 1.62 bits per heavy atom. The molecule has 0 bridgehead atoms. The van der Waals surface area contributed by atoms with Crippen LogP contribution in [0.25, 0.3) is 0 Å². The average Bonchev–Trinajstić information content (AvgIpc) is 2.95. The van der Waals surface area contributed by atoms with Gasteiger partial charge >= 0.3 is 51.4 Å². The number of aliphatic hydroxyl groups is 1. The van der Waals surface area contributed by atoms with Gasteiger partial charge in [0.15, 0.2) is 0 Å². The second-order valence-electron chi connectivity index (χ2n) is 5.38. The van der Waals surface area contributed by atoms with Crippen LogP contribution in [0.5, 0.6) is 0 Å². The first kappa shape index (κ1) is 17.9. The second-order valence-corrected chi connectivity index (χ2v) is 6.59. The van der Waals surface area contributed by atoms with E-state index in [4.69, 9.17) is 4.74 Å². The molecule has 3 aliphatic rings. The smallest absolute Gasteiger partial charge is 0.543 e. The van der Waals surface area contributed by atoms with E-state index in [0.29, 0.717) is 17.9 Å². The zero-order valence-corrected chi connectivity index (χ0v) is 16.0. The maximum atomic E-state index is 12.0. The molecule has 4 atom stereocenters. The van der Waals surface area contributed by atoms with E-state index in [-0.39, 0.29) is 74.5 Å². The number of carbonyl (C=O) groups is 2. The summed E-state index contributed by atoms with van der Waals surface area (Å²) < 4.78 is 5.52. The SMILES string of the molecule is C[C@@H](O)[C@H]1C(=O)N2C(C(=O)[O-])=C(CC3CCCO3)S[C@H]12.[K+]. The molecule has 1 unspecified atom stereocenters. The number of carboxylic acid groups (broad SMARTS) is 1. The molecule has 110 valence electrons. The summed E-state index contributed by atoms with van der Waals surface area (Å²) in [6.45, 7) is 2.25. The Balaban J connectivity index is 0.00000161. The predicted octanol–water partition coefficient (Wildman–Crippen LogP) is -3.57. The predicted molar refractivity (Wildman–Crippen MR) is 69.0 cm³/mol. The van der Waals surface area contributed by atoms with E-state index in [1.54, 1.807) is 6.92 Å². The molecule has 3 rings (SSSR count). The molecule has 0 radical (unpaired) electrons. The Morgan fingerprint density at radius 2 is 2.33 bits per heavy atom. The van der Waals surface area contributed by atoms with Crippen LogP contribution in [0.2, 0.25) is 0 Å². The third-order valence-electron chi connectivity index (χ3n) is 4.00. The molecule has 3 aliphatic heterocycles. The summed E-state index contributed by atoms with van der Waals surface area (Å²) in [6.07, 6.45) is 1.63. The van der Waals surface area contributed by atoms with Gasteiger partial charge in [0.2, 0.25) is 5.91 Å². The maximum absolute atomic E-state index is 12.0. The van der Waals surface area contributed by atoms with Gasteiger partial charge < -0.3 is 19.7 Å². The van der Waals surface area contributed by atoms with Gasteiger partial charge in [-0.2, -0.15) is 0 Å². The van der Waals surface area contributed by atoms with E-state index < -0.39 is 18.0 Å². The van der Waals surface area contributed by atoms with Crippen LogP contribution >= 0.6 is 11.8 Å². The van der Waals surface area contributed by atoms with E-state index >= 15 is 0 Å². The number of hydrogen-bond acceptors (Lipinski definition) is 6. The van der Waals surface area contributed by atoms with Crippen LogP contribution in [0.15, 0.2) is 10.6 Å². The molecule has 6 nitrogen and oxygen atoms in total. The number of thioether (sulfide) groups is 1. The fourth-order valence-corrected chi connectivity index (χ4v) is 4.67. The van der Waals surface area contributed by atoms with Crippen molar-refractivity contribution in [3.8, 4) is 0 Å². The molecule has 21 heavy (non-hydrogen) atoms. The quantitative estimate of drug-likeness (QED) is 0.422. The zero-order valence-electron chi connectivity index (χ0n) is 12.1. The van der Waals surface area contributed by atoms with E-state index in [2.05, 4.69) is 0 Å². The van der Waals surface area contributed by atoms with Gasteiger partial charge in [0.25, 0.3) is 0 Å². The van der Waals surface area contributed by atoms with Gasteiger partial charge in [0.1, 0.15) is 5.37 Å². The molecule has 2 fully saturated rings. The van der Waals surface area contributed by atoms with Crippen molar-refractivity contribution in [1.29, 1.82) is 0 Å². The minimum atomic E-state index is -1.33. The molecular weight excluding hydrogens is 321 g/mol. The number of fused-ring (bicyclic) bond motifs is 1. The average molecular weight is 337 g/mol. The van der Waals surface area contributed by atoms with E-state index in [9.17, 15) is 19.8 Å². The first-order valence-corrected chi connectivity index (χ1v) is 7.62. The van der Waals surface area contributed by atoms with Crippen molar-refractivity contribution in [1.82, 2.24) is 4.90 Å². The number of β-lactam (4-membered cyclic amide) rings is 1. The van der Waals surface area contributed by atoms with Gasteiger partial charge in [-0.1, -0.05) is 0 Å². The number of carboxylic acids is 1. The standard InChI is InChI=1S/C13H17NO5S.K/c1-6(15)9-11(16)14-10(13(17)18)8(20-12(9)14)5-7-3-2-4-19-7;/h6-7,9,12,15H,2-5H2,1H3,(H,17,18);/q;+1/p-1/t6-,7?,9+,12-;/m1./s1. The minimum Gasteiger partial charge on any atom is -0.543 e. The van der Waals surface area contributed by atoms with Crippen LogP contribution in [-0.2, 0) is 14.3 Å². The van der Waals surface area contributed by atoms with Crippen molar-refractivity contribution in [2.45, 2.75) is 43.8 Å². The third-order valence-corrected chi connectivity index (χ3v) is 5.39. The zero-order chi connectivity index (χ0) is 14.4. The van der Waals surface area contributed by atoms with Crippen molar-refractivity contribution >= 4 is 23.6 Å². The molecule has 3 heterocycles. The van der Waals surface area contributed by atoms with Gasteiger partial charge in [-0.3, -0.25) is 9.69 Å². The van der Waals surface area contributed by atoms with Gasteiger partial charge in [0.05, 0.1) is 29.8 Å². The van der Waals surface area contributed by atoms with Crippen LogP contribution in [0, 0.1) is 5.92 Å². The monoisotopic (exact) mass is 337 g/mol. The van der Waals surface area contributed by atoms with E-state index in [1.165, 1.54) is 16.7 Å². The molecule has 0 spiro atoms. The van der Waals surface area contributed by atoms with Crippen molar-refractivity contribution < 1.29 is 75.9 Å². The molecule has 8 heteroatoms. The number of rotatable bonds is 4. The largest absolute Gasteiger partial charge is 1.00 e. The Hall–Kier alpha value is 0.586. The number of hydrogen-bond donors (Lipinski definition) is 1. The summed E-state index contributed by atoms with van der Waals surface area (Å²) in [7, 11) is 0. The van der Waals surface area contributed by atoms with Crippen LogP contribution in [0.3, 0.4) is 0 Å². The number of amides is 1. The molecule has 0 aromatic rings. The first-order chi connectivity index (χ1) is 9.50. The second kappa shape index (κ2) is 7.00. The van der Waals surface area contributed by atoms with Gasteiger partial charge in [-0.15, -0.1) is 11.8 Å². The Labute approximate surface area is 169 Å². The molecule has 0 aromatic heterocycles. The summed E-state index contributed by atoms with van der Waals surface area (Å²) in [5.74, 6) is -2.19. The minimum absolute atomic E-state index is 0.